The zero-order valence-electron chi connectivity index (χ0n) is 7.35. The van der Waals surface area contributed by atoms with Crippen LogP contribution >= 0.6 is 0 Å². The van der Waals surface area contributed by atoms with E-state index in [1.807, 2.05) is 0 Å². The molecule has 0 unspecified atom stereocenters. The van der Waals surface area contributed by atoms with Crippen LogP contribution in [0.2, 0.25) is 0 Å². The number of ether oxygens (including phenoxy) is 1. The third-order valence-electron chi connectivity index (χ3n) is 1.06. The topological polar surface area (TPSA) is 52.6 Å². The fourth-order valence-corrected chi connectivity index (χ4v) is 0.945. The van der Waals surface area contributed by atoms with E-state index >= 15 is 0 Å². The average molecular weight is 258 g/mol. The highest BCUT2D eigenvalue weighted by atomic mass is 32.2. The van der Waals surface area contributed by atoms with Gasteiger partial charge in [0.05, 0.1) is 0 Å². The maximum Gasteiger partial charge on any atom is 0.523 e. The van der Waals surface area contributed by atoms with E-state index in [1.54, 1.807) is 0 Å². The molecule has 0 aliphatic carbocycles. The highest BCUT2D eigenvalue weighted by molar-refractivity contribution is 7.87. The predicted molar refractivity (Wildman–Crippen MR) is 37.7 cm³/mol. The third kappa shape index (κ3) is 4.71. The van der Waals surface area contributed by atoms with Crippen molar-refractivity contribution in [2.24, 2.45) is 0 Å². The molecular weight excluding hydrogens is 251 g/mol. The summed E-state index contributed by atoms with van der Waals surface area (Å²) >= 11 is 0. The van der Waals surface area contributed by atoms with Gasteiger partial charge in [0.1, 0.15) is 13.2 Å². The van der Waals surface area contributed by atoms with Crippen molar-refractivity contribution < 1.29 is 39.3 Å². The number of hydrogen-bond acceptors (Lipinski definition) is 4. The molecule has 0 rings (SSSR count). The molecule has 0 aliphatic heterocycles. The molecular formula is C5H7F5O4S. The minimum absolute atomic E-state index is 0.881. The Bertz CT molecular complexity index is 295. The summed E-state index contributed by atoms with van der Waals surface area (Å²) in [6, 6.07) is 0. The molecule has 0 saturated heterocycles. The summed E-state index contributed by atoms with van der Waals surface area (Å²) < 4.78 is 87.2. The Morgan fingerprint density at radius 2 is 1.53 bits per heavy atom. The molecule has 0 aromatic heterocycles. The maximum absolute atomic E-state index is 12.5. The summed E-state index contributed by atoms with van der Waals surface area (Å²) in [5.41, 5.74) is -5.71. The van der Waals surface area contributed by atoms with Crippen LogP contribution in [0.25, 0.3) is 0 Å². The van der Waals surface area contributed by atoms with Crippen molar-refractivity contribution in [3.8, 4) is 0 Å². The predicted octanol–water partition coefficient (Wildman–Crippen LogP) is 1.13. The quantitative estimate of drug-likeness (QED) is 0.421. The van der Waals surface area contributed by atoms with E-state index in [4.69, 9.17) is 0 Å². The van der Waals surface area contributed by atoms with Crippen LogP contribution in [0.3, 0.4) is 0 Å². The molecule has 92 valence electrons. The maximum atomic E-state index is 12.5. The average Bonchev–Trinajstić information content (AvgIpc) is 1.99. The van der Waals surface area contributed by atoms with Gasteiger partial charge in [0.2, 0.25) is 0 Å². The molecule has 0 aromatic rings. The lowest BCUT2D eigenvalue weighted by Crippen LogP contribution is -2.34. The molecule has 0 N–H and O–H groups in total. The zero-order chi connectivity index (χ0) is 12.3. The van der Waals surface area contributed by atoms with E-state index in [0.29, 0.717) is 0 Å². The van der Waals surface area contributed by atoms with Gasteiger partial charge in [0, 0.05) is 7.11 Å². The second kappa shape index (κ2) is 4.58. The Balaban J connectivity index is 4.41. The van der Waals surface area contributed by atoms with E-state index in [2.05, 4.69) is 8.92 Å². The van der Waals surface area contributed by atoms with E-state index in [9.17, 15) is 30.4 Å². The SMILES string of the molecule is COCC(F)(F)COS(=O)(=O)C(F)(F)F. The van der Waals surface area contributed by atoms with Crippen LogP contribution in [0, 0.1) is 0 Å². The molecule has 0 aliphatic rings. The first-order valence-electron chi connectivity index (χ1n) is 3.34. The lowest BCUT2D eigenvalue weighted by molar-refractivity contribution is -0.0997. The van der Waals surface area contributed by atoms with Crippen LogP contribution in [0.1, 0.15) is 0 Å². The van der Waals surface area contributed by atoms with Crippen molar-refractivity contribution in [2.45, 2.75) is 11.4 Å². The monoisotopic (exact) mass is 258 g/mol. The number of halogens is 5. The van der Waals surface area contributed by atoms with Crippen molar-refractivity contribution in [3.05, 3.63) is 0 Å². The molecule has 4 nitrogen and oxygen atoms in total. The molecule has 0 heterocycles. The van der Waals surface area contributed by atoms with Gasteiger partial charge in [-0.25, -0.2) is 8.78 Å². The smallest absolute Gasteiger partial charge is 0.378 e. The number of hydrogen-bond donors (Lipinski definition) is 0. The highest BCUT2D eigenvalue weighted by Crippen LogP contribution is 2.26. The first-order valence-corrected chi connectivity index (χ1v) is 4.75. The summed E-state index contributed by atoms with van der Waals surface area (Å²) in [5.74, 6) is -3.80. The van der Waals surface area contributed by atoms with Crippen LogP contribution in [0.15, 0.2) is 0 Å². The molecule has 15 heavy (non-hydrogen) atoms. The molecule has 0 radical (unpaired) electrons. The number of rotatable bonds is 5. The van der Waals surface area contributed by atoms with Crippen LogP contribution in [-0.4, -0.2) is 40.2 Å². The fraction of sp³-hybridized carbons (Fsp3) is 1.00. The van der Waals surface area contributed by atoms with Gasteiger partial charge in [-0.1, -0.05) is 0 Å². The largest absolute Gasteiger partial charge is 0.523 e. The summed E-state index contributed by atoms with van der Waals surface area (Å²) in [6.45, 7) is -3.15. The van der Waals surface area contributed by atoms with Gasteiger partial charge in [-0.2, -0.15) is 21.6 Å². The second-order valence-electron chi connectivity index (χ2n) is 2.45. The van der Waals surface area contributed by atoms with Crippen molar-refractivity contribution in [2.75, 3.05) is 20.3 Å². The Morgan fingerprint density at radius 1 is 1.07 bits per heavy atom. The molecule has 0 fully saturated rings. The number of alkyl halides is 5. The van der Waals surface area contributed by atoms with Gasteiger partial charge < -0.3 is 4.74 Å². The Morgan fingerprint density at radius 3 is 1.87 bits per heavy atom. The van der Waals surface area contributed by atoms with Crippen LogP contribution in [-0.2, 0) is 19.0 Å². The zero-order valence-corrected chi connectivity index (χ0v) is 8.16. The molecule has 10 heteroatoms. The minimum atomic E-state index is -5.98. The first-order chi connectivity index (χ1) is 6.52. The standard InChI is InChI=1S/C5H7F5O4S/c1-13-2-4(6,7)3-14-15(11,12)5(8,9)10/h2-3H2,1H3. The van der Waals surface area contributed by atoms with Gasteiger partial charge in [0.25, 0.3) is 5.92 Å². The summed E-state index contributed by atoms with van der Waals surface area (Å²) in [5, 5.41) is 0. The van der Waals surface area contributed by atoms with Gasteiger partial charge in [-0.15, -0.1) is 0 Å². The normalized spacial score (nSPS) is 14.3. The van der Waals surface area contributed by atoms with Gasteiger partial charge in [-0.05, 0) is 0 Å². The summed E-state index contributed by atoms with van der Waals surface area (Å²) in [4.78, 5) is 0. The van der Waals surface area contributed by atoms with Crippen LogP contribution < -0.4 is 0 Å². The van der Waals surface area contributed by atoms with Crippen LogP contribution in [0.4, 0.5) is 22.0 Å². The van der Waals surface area contributed by atoms with Crippen LogP contribution in [0.5, 0.6) is 0 Å². The first kappa shape index (κ1) is 14.5. The minimum Gasteiger partial charge on any atom is -0.378 e. The van der Waals surface area contributed by atoms with Gasteiger partial charge in [-0.3, -0.25) is 4.18 Å². The Hall–Kier alpha value is -0.480. The molecule has 0 amide bonds. The van der Waals surface area contributed by atoms with E-state index in [0.717, 1.165) is 7.11 Å². The Labute approximate surface area is 82.1 Å². The number of methoxy groups -OCH3 is 1. The molecule has 0 spiro atoms. The van der Waals surface area contributed by atoms with Crippen molar-refractivity contribution in [1.29, 1.82) is 0 Å². The molecule has 0 saturated carbocycles. The Kier molecular flexibility index (Phi) is 4.43. The van der Waals surface area contributed by atoms with E-state index in [-0.39, 0.29) is 0 Å². The van der Waals surface area contributed by atoms with Crippen molar-refractivity contribution >= 4 is 10.1 Å². The van der Waals surface area contributed by atoms with E-state index < -0.39 is 34.8 Å². The molecule has 0 bridgehead atoms. The van der Waals surface area contributed by atoms with Gasteiger partial charge >= 0.3 is 15.6 Å². The third-order valence-corrected chi connectivity index (χ3v) is 2.06. The summed E-state index contributed by atoms with van der Waals surface area (Å²) in [7, 11) is -5.10. The highest BCUT2D eigenvalue weighted by Gasteiger charge is 2.49. The van der Waals surface area contributed by atoms with E-state index in [1.165, 1.54) is 0 Å². The molecule has 0 aromatic carbocycles. The van der Waals surface area contributed by atoms with Crippen molar-refractivity contribution in [3.63, 3.8) is 0 Å². The van der Waals surface area contributed by atoms with Gasteiger partial charge in [0.15, 0.2) is 0 Å². The lowest BCUT2D eigenvalue weighted by Gasteiger charge is -2.15. The molecule has 0 atom stereocenters. The van der Waals surface area contributed by atoms with Crippen molar-refractivity contribution in [1.82, 2.24) is 0 Å². The summed E-state index contributed by atoms with van der Waals surface area (Å²) in [6.07, 6.45) is 0. The second-order valence-corrected chi connectivity index (χ2v) is 4.06. The fourth-order valence-electron chi connectivity index (χ4n) is 0.483. The lowest BCUT2D eigenvalue weighted by atomic mass is 10.4.